The number of nitrogens with one attached hydrogen (secondary N) is 1. The van der Waals surface area contributed by atoms with Crippen molar-refractivity contribution in [2.75, 3.05) is 51.9 Å². The van der Waals surface area contributed by atoms with Crippen LogP contribution in [0.1, 0.15) is 24.1 Å². The standard InChI is InChI=1S/C30H32ClN5O6S/c1-4-13-41-28(38)26-19(2)32-29-33-30(43-18-21-7-5-6-8-22(21)31)34-36(29)27(26)20-9-10-23(24(16-20)39-3)42-17-25(37)35-11-14-40-15-12-35/h4-10,16,27H,1,11-15,17-18H2,2-3H3,(H,32,33,34). The van der Waals surface area contributed by atoms with E-state index >= 15 is 0 Å². The number of morpholine rings is 1. The third-order valence-electron chi connectivity index (χ3n) is 6.92. The van der Waals surface area contributed by atoms with Gasteiger partial charge >= 0.3 is 5.97 Å². The topological polar surface area (TPSA) is 117 Å². The van der Waals surface area contributed by atoms with E-state index in [0.29, 0.717) is 76.5 Å². The van der Waals surface area contributed by atoms with E-state index in [2.05, 4.69) is 16.9 Å². The quantitative estimate of drug-likeness (QED) is 0.186. The van der Waals surface area contributed by atoms with Crippen LogP contribution < -0.4 is 14.8 Å². The molecule has 0 bridgehead atoms. The Kier molecular flexibility index (Phi) is 9.90. The summed E-state index contributed by atoms with van der Waals surface area (Å²) in [6.45, 7) is 7.43. The summed E-state index contributed by atoms with van der Waals surface area (Å²) in [5.41, 5.74) is 2.59. The second kappa shape index (κ2) is 14.0. The van der Waals surface area contributed by atoms with Gasteiger partial charge in [0.15, 0.2) is 18.1 Å². The van der Waals surface area contributed by atoms with E-state index in [1.807, 2.05) is 30.3 Å². The average Bonchev–Trinajstić information content (AvgIpc) is 3.44. The van der Waals surface area contributed by atoms with Crippen molar-refractivity contribution in [1.82, 2.24) is 19.7 Å². The second-order valence-electron chi connectivity index (χ2n) is 9.69. The Hall–Kier alpha value is -4.00. The predicted molar refractivity (Wildman–Crippen MR) is 163 cm³/mol. The molecule has 1 fully saturated rings. The van der Waals surface area contributed by atoms with Crippen LogP contribution in [-0.2, 0) is 24.8 Å². The van der Waals surface area contributed by atoms with Crippen molar-refractivity contribution in [3.05, 3.63) is 82.5 Å². The van der Waals surface area contributed by atoms with Crippen LogP contribution in [0.25, 0.3) is 0 Å². The lowest BCUT2D eigenvalue weighted by Crippen LogP contribution is -2.43. The number of fused-ring (bicyclic) bond motifs is 1. The molecule has 43 heavy (non-hydrogen) atoms. The van der Waals surface area contributed by atoms with Gasteiger partial charge in [0.2, 0.25) is 11.1 Å². The molecule has 0 saturated carbocycles. The van der Waals surface area contributed by atoms with E-state index in [0.717, 1.165) is 5.56 Å². The molecule has 0 radical (unpaired) electrons. The number of rotatable bonds is 11. The summed E-state index contributed by atoms with van der Waals surface area (Å²) in [6, 6.07) is 12.2. The van der Waals surface area contributed by atoms with Gasteiger partial charge in [0.25, 0.3) is 5.91 Å². The largest absolute Gasteiger partial charge is 0.493 e. The van der Waals surface area contributed by atoms with E-state index in [9.17, 15) is 9.59 Å². The predicted octanol–water partition coefficient (Wildman–Crippen LogP) is 4.49. The fourth-order valence-electron chi connectivity index (χ4n) is 4.75. The number of carbonyl (C=O) groups is 2. The molecule has 1 unspecified atom stereocenters. The van der Waals surface area contributed by atoms with Gasteiger partial charge in [-0.15, -0.1) is 5.10 Å². The minimum atomic E-state index is -0.686. The summed E-state index contributed by atoms with van der Waals surface area (Å²) in [6.07, 6.45) is 1.51. The van der Waals surface area contributed by atoms with Crippen LogP contribution in [0.2, 0.25) is 5.02 Å². The number of nitrogens with zero attached hydrogens (tertiary/aromatic N) is 4. The summed E-state index contributed by atoms with van der Waals surface area (Å²) in [7, 11) is 1.52. The molecule has 5 rings (SSSR count). The first-order valence-electron chi connectivity index (χ1n) is 13.6. The molecule has 2 aromatic carbocycles. The lowest BCUT2D eigenvalue weighted by atomic mass is 9.95. The maximum Gasteiger partial charge on any atom is 0.338 e. The van der Waals surface area contributed by atoms with Gasteiger partial charge in [-0.05, 0) is 36.2 Å². The second-order valence-corrected chi connectivity index (χ2v) is 11.0. The molecule has 3 aromatic rings. The highest BCUT2D eigenvalue weighted by Gasteiger charge is 2.36. The van der Waals surface area contributed by atoms with Crippen LogP contribution in [0.3, 0.4) is 0 Å². The molecule has 1 amide bonds. The minimum absolute atomic E-state index is 0.0543. The van der Waals surface area contributed by atoms with Gasteiger partial charge in [-0.3, -0.25) is 4.79 Å². The Labute approximate surface area is 258 Å². The first kappa shape index (κ1) is 30.5. The number of allylic oxidation sites excluding steroid dienone is 1. The summed E-state index contributed by atoms with van der Waals surface area (Å²) in [5.74, 6) is 1.19. The first-order chi connectivity index (χ1) is 20.9. The molecule has 11 nitrogen and oxygen atoms in total. The molecule has 2 aliphatic rings. The van der Waals surface area contributed by atoms with Crippen LogP contribution in [0.15, 0.2) is 71.5 Å². The van der Waals surface area contributed by atoms with Crippen molar-refractivity contribution >= 4 is 41.2 Å². The van der Waals surface area contributed by atoms with Crippen molar-refractivity contribution in [2.45, 2.75) is 23.9 Å². The summed E-state index contributed by atoms with van der Waals surface area (Å²) < 4.78 is 23.9. The molecular weight excluding hydrogens is 594 g/mol. The van der Waals surface area contributed by atoms with Crippen molar-refractivity contribution in [1.29, 1.82) is 0 Å². The van der Waals surface area contributed by atoms with Crippen LogP contribution in [0.5, 0.6) is 11.5 Å². The number of methoxy groups -OCH3 is 1. The van der Waals surface area contributed by atoms with E-state index in [1.54, 1.807) is 28.6 Å². The minimum Gasteiger partial charge on any atom is -0.493 e. The third kappa shape index (κ3) is 6.98. The normalized spacial score (nSPS) is 16.3. The lowest BCUT2D eigenvalue weighted by molar-refractivity contribution is -0.138. The highest BCUT2D eigenvalue weighted by molar-refractivity contribution is 7.98. The first-order valence-corrected chi connectivity index (χ1v) is 15.0. The number of ether oxygens (including phenoxy) is 4. The molecule has 0 spiro atoms. The fourth-order valence-corrected chi connectivity index (χ4v) is 5.87. The smallest absolute Gasteiger partial charge is 0.338 e. The number of amides is 1. The van der Waals surface area contributed by atoms with E-state index in [1.165, 1.54) is 24.9 Å². The summed E-state index contributed by atoms with van der Waals surface area (Å²) in [5, 5.41) is 9.13. The monoisotopic (exact) mass is 625 g/mol. The number of hydrogen-bond acceptors (Lipinski definition) is 10. The van der Waals surface area contributed by atoms with Gasteiger partial charge in [-0.2, -0.15) is 4.98 Å². The number of carbonyl (C=O) groups excluding carboxylic acids is 2. The van der Waals surface area contributed by atoms with Gasteiger partial charge in [-0.25, -0.2) is 9.48 Å². The zero-order valence-electron chi connectivity index (χ0n) is 23.9. The molecule has 1 aromatic heterocycles. The van der Waals surface area contributed by atoms with Crippen molar-refractivity contribution in [3.63, 3.8) is 0 Å². The molecule has 3 heterocycles. The van der Waals surface area contributed by atoms with Crippen molar-refractivity contribution in [2.24, 2.45) is 0 Å². The molecule has 0 aliphatic carbocycles. The molecule has 13 heteroatoms. The van der Waals surface area contributed by atoms with E-state index in [-0.39, 0.29) is 19.1 Å². The maximum absolute atomic E-state index is 13.3. The lowest BCUT2D eigenvalue weighted by Gasteiger charge is -2.28. The van der Waals surface area contributed by atoms with Crippen molar-refractivity contribution < 1.29 is 28.5 Å². The number of benzene rings is 2. The maximum atomic E-state index is 13.3. The summed E-state index contributed by atoms with van der Waals surface area (Å²) in [4.78, 5) is 32.3. The zero-order chi connectivity index (χ0) is 30.3. The molecular formula is C30H32ClN5O6S. The highest BCUT2D eigenvalue weighted by Crippen LogP contribution is 2.40. The molecule has 226 valence electrons. The van der Waals surface area contributed by atoms with Gasteiger partial charge in [0.05, 0.1) is 25.9 Å². The molecule has 1 N–H and O–H groups in total. The number of halogens is 1. The van der Waals surface area contributed by atoms with Gasteiger partial charge < -0.3 is 29.2 Å². The Morgan fingerprint density at radius 1 is 1.21 bits per heavy atom. The number of anilines is 1. The number of aromatic nitrogens is 3. The Bertz CT molecular complexity index is 1540. The highest BCUT2D eigenvalue weighted by atomic mass is 35.5. The number of hydrogen-bond donors (Lipinski definition) is 1. The van der Waals surface area contributed by atoms with Crippen LogP contribution in [0, 0.1) is 0 Å². The number of esters is 1. The Morgan fingerprint density at radius 3 is 2.74 bits per heavy atom. The summed E-state index contributed by atoms with van der Waals surface area (Å²) >= 11 is 7.78. The van der Waals surface area contributed by atoms with Gasteiger partial charge in [0, 0.05) is 29.6 Å². The molecule has 2 aliphatic heterocycles. The van der Waals surface area contributed by atoms with Crippen LogP contribution in [0.4, 0.5) is 5.95 Å². The van der Waals surface area contributed by atoms with Crippen LogP contribution in [-0.4, -0.2) is 78.2 Å². The SMILES string of the molecule is C=CCOC(=O)C1=C(C)Nc2nc(SCc3ccccc3Cl)nn2C1c1ccc(OCC(=O)N2CCOCC2)c(OC)c1. The molecule has 1 saturated heterocycles. The van der Waals surface area contributed by atoms with Crippen LogP contribution >= 0.6 is 23.4 Å². The van der Waals surface area contributed by atoms with Crippen molar-refractivity contribution in [3.8, 4) is 11.5 Å². The van der Waals surface area contributed by atoms with E-state index in [4.69, 9.17) is 35.6 Å². The third-order valence-corrected chi connectivity index (χ3v) is 8.17. The van der Waals surface area contributed by atoms with Gasteiger partial charge in [0.1, 0.15) is 12.6 Å². The zero-order valence-corrected chi connectivity index (χ0v) is 25.4. The van der Waals surface area contributed by atoms with E-state index < -0.39 is 12.0 Å². The fraction of sp³-hybridized carbons (Fsp3) is 0.333. The Morgan fingerprint density at radius 2 is 2.00 bits per heavy atom. The Balaban J connectivity index is 1.43. The average molecular weight is 626 g/mol. The van der Waals surface area contributed by atoms with Gasteiger partial charge in [-0.1, -0.05) is 60.3 Å². The molecule has 1 atom stereocenters. The number of thioether (sulfide) groups is 1.